The number of carbonyl (C=O) groups excluding carboxylic acids is 1. The maximum absolute atomic E-state index is 12.3. The summed E-state index contributed by atoms with van der Waals surface area (Å²) in [5.74, 6) is -0.266. The largest absolute Gasteiger partial charge is 0.322 e. The molecule has 0 atom stereocenters. The molecule has 0 aliphatic heterocycles. The van der Waals surface area contributed by atoms with Crippen molar-refractivity contribution >= 4 is 33.0 Å². The van der Waals surface area contributed by atoms with Crippen LogP contribution in [-0.2, 0) is 9.84 Å². The van der Waals surface area contributed by atoms with Crippen LogP contribution in [0.3, 0.4) is 0 Å². The number of nitrogens with zero attached hydrogens (tertiary/aromatic N) is 2. The summed E-state index contributed by atoms with van der Waals surface area (Å²) in [5, 5.41) is 10.9. The first kappa shape index (κ1) is 18.0. The molecule has 0 saturated carbocycles. The SMILES string of the molecule is CS(=O)(=O)c1ccc(-c2cccc(NC(=O)c3ccc(Cl)cc3)c2)nn1. The zero-order valence-corrected chi connectivity index (χ0v) is 15.3. The fraction of sp³-hybridized carbons (Fsp3) is 0.0556. The zero-order valence-electron chi connectivity index (χ0n) is 13.7. The third-order valence-electron chi connectivity index (χ3n) is 3.54. The first-order chi connectivity index (χ1) is 12.3. The Morgan fingerprint density at radius 2 is 1.73 bits per heavy atom. The van der Waals surface area contributed by atoms with Crippen LogP contribution >= 0.6 is 11.6 Å². The first-order valence-electron chi connectivity index (χ1n) is 7.54. The van der Waals surface area contributed by atoms with Gasteiger partial charge in [0.2, 0.25) is 0 Å². The number of aromatic nitrogens is 2. The lowest BCUT2D eigenvalue weighted by atomic mass is 10.1. The van der Waals surface area contributed by atoms with E-state index in [1.165, 1.54) is 6.07 Å². The molecule has 1 heterocycles. The zero-order chi connectivity index (χ0) is 18.7. The van der Waals surface area contributed by atoms with Crippen molar-refractivity contribution in [2.45, 2.75) is 5.03 Å². The second kappa shape index (κ2) is 7.23. The van der Waals surface area contributed by atoms with E-state index in [2.05, 4.69) is 15.5 Å². The van der Waals surface area contributed by atoms with Gasteiger partial charge in [-0.15, -0.1) is 10.2 Å². The quantitative estimate of drug-likeness (QED) is 0.740. The number of hydrogen-bond acceptors (Lipinski definition) is 5. The fourth-order valence-electron chi connectivity index (χ4n) is 2.23. The summed E-state index contributed by atoms with van der Waals surface area (Å²) in [7, 11) is -3.40. The number of benzene rings is 2. The lowest BCUT2D eigenvalue weighted by Gasteiger charge is -2.07. The molecular weight excluding hydrogens is 374 g/mol. The maximum atomic E-state index is 12.3. The summed E-state index contributed by atoms with van der Waals surface area (Å²) in [6, 6.07) is 16.6. The summed E-state index contributed by atoms with van der Waals surface area (Å²) in [4.78, 5) is 12.3. The molecule has 2 aromatic carbocycles. The third kappa shape index (κ3) is 4.25. The highest BCUT2D eigenvalue weighted by Gasteiger charge is 2.11. The molecule has 0 aliphatic rings. The Hall–Kier alpha value is -2.77. The summed E-state index contributed by atoms with van der Waals surface area (Å²) in [6.07, 6.45) is 1.07. The summed E-state index contributed by atoms with van der Waals surface area (Å²) in [6.45, 7) is 0. The molecule has 0 saturated heterocycles. The molecule has 0 fully saturated rings. The normalized spacial score (nSPS) is 11.2. The van der Waals surface area contributed by atoms with E-state index in [1.54, 1.807) is 54.6 Å². The van der Waals surface area contributed by atoms with E-state index >= 15 is 0 Å². The number of sulfone groups is 1. The molecule has 1 N–H and O–H groups in total. The van der Waals surface area contributed by atoms with Gasteiger partial charge in [0.1, 0.15) is 0 Å². The molecule has 26 heavy (non-hydrogen) atoms. The van der Waals surface area contributed by atoms with Gasteiger partial charge in [-0.3, -0.25) is 4.79 Å². The van der Waals surface area contributed by atoms with Crippen molar-refractivity contribution in [3.05, 3.63) is 71.2 Å². The van der Waals surface area contributed by atoms with Crippen LogP contribution in [0.5, 0.6) is 0 Å². The van der Waals surface area contributed by atoms with Crippen LogP contribution in [0.15, 0.2) is 65.7 Å². The molecule has 0 unspecified atom stereocenters. The van der Waals surface area contributed by atoms with Crippen molar-refractivity contribution in [2.24, 2.45) is 0 Å². The highest BCUT2D eigenvalue weighted by molar-refractivity contribution is 7.90. The van der Waals surface area contributed by atoms with E-state index in [1.807, 2.05) is 0 Å². The smallest absolute Gasteiger partial charge is 0.255 e. The van der Waals surface area contributed by atoms with Gasteiger partial charge in [-0.25, -0.2) is 8.42 Å². The van der Waals surface area contributed by atoms with E-state index in [0.29, 0.717) is 27.5 Å². The van der Waals surface area contributed by atoms with Gasteiger partial charge >= 0.3 is 0 Å². The monoisotopic (exact) mass is 387 g/mol. The summed E-state index contributed by atoms with van der Waals surface area (Å²) < 4.78 is 22.9. The topological polar surface area (TPSA) is 89.0 Å². The van der Waals surface area contributed by atoms with Gasteiger partial charge in [-0.2, -0.15) is 0 Å². The highest BCUT2D eigenvalue weighted by Crippen LogP contribution is 2.21. The van der Waals surface area contributed by atoms with Crippen molar-refractivity contribution in [2.75, 3.05) is 11.6 Å². The van der Waals surface area contributed by atoms with Crippen LogP contribution in [0, 0.1) is 0 Å². The lowest BCUT2D eigenvalue weighted by Crippen LogP contribution is -2.11. The van der Waals surface area contributed by atoms with Gasteiger partial charge in [0, 0.05) is 28.1 Å². The Morgan fingerprint density at radius 1 is 1.00 bits per heavy atom. The molecule has 1 aromatic heterocycles. The van der Waals surface area contributed by atoms with Crippen LogP contribution in [0.2, 0.25) is 5.02 Å². The standard InChI is InChI=1S/C18H14ClN3O3S/c1-26(24,25)17-10-9-16(21-22-17)13-3-2-4-15(11-13)20-18(23)12-5-7-14(19)8-6-12/h2-11H,1H3,(H,20,23). The number of amides is 1. The molecule has 1 amide bonds. The fourth-order valence-corrected chi connectivity index (χ4v) is 2.86. The first-order valence-corrected chi connectivity index (χ1v) is 9.81. The predicted octanol–water partition coefficient (Wildman–Crippen LogP) is 3.45. The number of halogens is 1. The van der Waals surface area contributed by atoms with Crippen LogP contribution in [0.4, 0.5) is 5.69 Å². The molecule has 3 aromatic rings. The lowest BCUT2D eigenvalue weighted by molar-refractivity contribution is 0.102. The second-order valence-corrected chi connectivity index (χ2v) is 7.97. The molecule has 0 radical (unpaired) electrons. The van der Waals surface area contributed by atoms with E-state index in [4.69, 9.17) is 11.6 Å². The van der Waals surface area contributed by atoms with Crippen LogP contribution in [-0.4, -0.2) is 30.8 Å². The second-order valence-electron chi connectivity index (χ2n) is 5.57. The Bertz CT molecular complexity index is 1050. The van der Waals surface area contributed by atoms with E-state index in [9.17, 15) is 13.2 Å². The average Bonchev–Trinajstić information content (AvgIpc) is 2.62. The van der Waals surface area contributed by atoms with Crippen molar-refractivity contribution in [3.63, 3.8) is 0 Å². The number of hydrogen-bond donors (Lipinski definition) is 1. The molecule has 0 spiro atoms. The van der Waals surface area contributed by atoms with Gasteiger partial charge in [-0.05, 0) is 48.5 Å². The molecule has 0 aliphatic carbocycles. The molecule has 0 bridgehead atoms. The maximum Gasteiger partial charge on any atom is 0.255 e. The third-order valence-corrected chi connectivity index (χ3v) is 4.77. The predicted molar refractivity (Wildman–Crippen MR) is 100.0 cm³/mol. The average molecular weight is 388 g/mol. The minimum atomic E-state index is -3.40. The van der Waals surface area contributed by atoms with Crippen molar-refractivity contribution in [1.82, 2.24) is 10.2 Å². The Labute approximate surface area is 155 Å². The van der Waals surface area contributed by atoms with Gasteiger partial charge in [0.25, 0.3) is 5.91 Å². The number of carbonyl (C=O) groups is 1. The summed E-state index contributed by atoms with van der Waals surface area (Å²) >= 11 is 5.82. The van der Waals surface area contributed by atoms with Crippen molar-refractivity contribution < 1.29 is 13.2 Å². The van der Waals surface area contributed by atoms with Crippen LogP contribution in [0.25, 0.3) is 11.3 Å². The molecule has 132 valence electrons. The van der Waals surface area contributed by atoms with Gasteiger partial charge in [0.15, 0.2) is 14.9 Å². The van der Waals surface area contributed by atoms with Gasteiger partial charge < -0.3 is 5.32 Å². The van der Waals surface area contributed by atoms with Gasteiger partial charge in [0.05, 0.1) is 5.69 Å². The van der Waals surface area contributed by atoms with E-state index < -0.39 is 9.84 Å². The molecular formula is C18H14ClN3O3S. The Morgan fingerprint density at radius 3 is 2.35 bits per heavy atom. The molecule has 3 rings (SSSR count). The van der Waals surface area contributed by atoms with Crippen molar-refractivity contribution in [3.8, 4) is 11.3 Å². The number of rotatable bonds is 4. The van der Waals surface area contributed by atoms with Crippen LogP contribution < -0.4 is 5.32 Å². The van der Waals surface area contributed by atoms with E-state index in [0.717, 1.165) is 6.26 Å². The van der Waals surface area contributed by atoms with Gasteiger partial charge in [-0.1, -0.05) is 23.7 Å². The number of nitrogens with one attached hydrogen (secondary N) is 1. The highest BCUT2D eigenvalue weighted by atomic mass is 35.5. The van der Waals surface area contributed by atoms with E-state index in [-0.39, 0.29) is 10.9 Å². The Kier molecular flexibility index (Phi) is 5.01. The minimum Gasteiger partial charge on any atom is -0.322 e. The molecule has 8 heteroatoms. The van der Waals surface area contributed by atoms with Crippen LogP contribution in [0.1, 0.15) is 10.4 Å². The Balaban J connectivity index is 1.82. The summed E-state index contributed by atoms with van der Waals surface area (Å²) in [5.41, 5.74) is 2.26. The minimum absolute atomic E-state index is 0.0894. The van der Waals surface area contributed by atoms with Crippen molar-refractivity contribution in [1.29, 1.82) is 0 Å². The number of anilines is 1. The molecule has 6 nitrogen and oxygen atoms in total.